The Morgan fingerprint density at radius 1 is 1.19 bits per heavy atom. The fourth-order valence-corrected chi connectivity index (χ4v) is 4.12. The van der Waals surface area contributed by atoms with Crippen molar-refractivity contribution in [3.8, 4) is 5.75 Å². The van der Waals surface area contributed by atoms with E-state index >= 15 is 0 Å². The number of rotatable bonds is 6. The number of hydrogen-bond acceptors (Lipinski definition) is 4. The number of ether oxygens (including phenoxy) is 2. The van der Waals surface area contributed by atoms with Crippen molar-refractivity contribution in [3.05, 3.63) is 41.1 Å². The molecule has 146 valence electrons. The van der Waals surface area contributed by atoms with Crippen molar-refractivity contribution in [1.29, 1.82) is 0 Å². The van der Waals surface area contributed by atoms with E-state index in [0.29, 0.717) is 36.2 Å². The summed E-state index contributed by atoms with van der Waals surface area (Å²) in [6.07, 6.45) is 6.17. The predicted molar refractivity (Wildman–Crippen MR) is 103 cm³/mol. The van der Waals surface area contributed by atoms with Gasteiger partial charge in [0.15, 0.2) is 0 Å². The number of amides is 1. The highest BCUT2D eigenvalue weighted by molar-refractivity contribution is 5.96. The van der Waals surface area contributed by atoms with Crippen LogP contribution in [0.3, 0.4) is 0 Å². The summed E-state index contributed by atoms with van der Waals surface area (Å²) >= 11 is 0. The maximum atomic E-state index is 12.9. The molecular weight excluding hydrogens is 342 g/mol. The zero-order chi connectivity index (χ0) is 19.2. The van der Waals surface area contributed by atoms with Crippen molar-refractivity contribution in [3.63, 3.8) is 0 Å². The van der Waals surface area contributed by atoms with Gasteiger partial charge < -0.3 is 14.8 Å². The van der Waals surface area contributed by atoms with Gasteiger partial charge >= 0.3 is 5.97 Å². The van der Waals surface area contributed by atoms with Crippen LogP contribution in [0.25, 0.3) is 0 Å². The van der Waals surface area contributed by atoms with Gasteiger partial charge in [-0.1, -0.05) is 37.5 Å². The molecule has 2 aliphatic rings. The van der Waals surface area contributed by atoms with Gasteiger partial charge in [0, 0.05) is 23.6 Å². The highest BCUT2D eigenvalue weighted by Gasteiger charge is 2.34. The smallest absolute Gasteiger partial charge is 0.336 e. The Bertz CT molecular complexity index is 719. The van der Waals surface area contributed by atoms with Crippen LogP contribution in [-0.2, 0) is 14.3 Å². The number of hydrogen-bond donors (Lipinski definition) is 1. The normalized spacial score (nSPS) is 21.0. The first-order valence-corrected chi connectivity index (χ1v) is 9.99. The fraction of sp³-hybridized carbons (Fsp3) is 0.545. The Morgan fingerprint density at radius 3 is 2.67 bits per heavy atom. The molecule has 0 saturated heterocycles. The second kappa shape index (κ2) is 9.07. The molecule has 1 atom stereocenters. The lowest BCUT2D eigenvalue weighted by Gasteiger charge is -2.28. The van der Waals surface area contributed by atoms with Crippen LogP contribution in [0, 0.1) is 5.92 Å². The van der Waals surface area contributed by atoms with Gasteiger partial charge in [0.05, 0.1) is 18.8 Å². The summed E-state index contributed by atoms with van der Waals surface area (Å²) in [5.74, 6) is 0.406. The van der Waals surface area contributed by atoms with Gasteiger partial charge in [-0.15, -0.1) is 0 Å². The summed E-state index contributed by atoms with van der Waals surface area (Å²) in [7, 11) is 0. The molecule has 3 rings (SSSR count). The zero-order valence-corrected chi connectivity index (χ0v) is 16.3. The molecule has 0 unspecified atom stereocenters. The molecular formula is C22H29NO4. The minimum atomic E-state index is -0.347. The summed E-state index contributed by atoms with van der Waals surface area (Å²) in [5.41, 5.74) is 1.98. The van der Waals surface area contributed by atoms with Gasteiger partial charge in [-0.3, -0.25) is 4.79 Å². The van der Waals surface area contributed by atoms with Crippen molar-refractivity contribution in [1.82, 2.24) is 5.32 Å². The van der Waals surface area contributed by atoms with Crippen LogP contribution in [0.2, 0.25) is 0 Å². The molecule has 1 N–H and O–H groups in total. The van der Waals surface area contributed by atoms with E-state index in [9.17, 15) is 9.59 Å². The lowest BCUT2D eigenvalue weighted by atomic mass is 9.84. The van der Waals surface area contributed by atoms with Crippen molar-refractivity contribution in [2.45, 2.75) is 58.3 Å². The Kier molecular flexibility index (Phi) is 6.54. The minimum absolute atomic E-state index is 0.0902. The molecule has 27 heavy (non-hydrogen) atoms. The maximum absolute atomic E-state index is 12.9. The molecule has 0 bridgehead atoms. The van der Waals surface area contributed by atoms with Gasteiger partial charge in [-0.2, -0.15) is 0 Å². The van der Waals surface area contributed by atoms with Crippen LogP contribution in [0.1, 0.15) is 63.9 Å². The first kappa shape index (κ1) is 19.5. The monoisotopic (exact) mass is 371 g/mol. The van der Waals surface area contributed by atoms with Gasteiger partial charge in [0.2, 0.25) is 5.91 Å². The average molecular weight is 371 g/mol. The molecule has 5 nitrogen and oxygen atoms in total. The van der Waals surface area contributed by atoms with Crippen molar-refractivity contribution < 1.29 is 19.1 Å². The topological polar surface area (TPSA) is 64.6 Å². The van der Waals surface area contributed by atoms with Gasteiger partial charge in [-0.25, -0.2) is 4.79 Å². The number of carbonyl (C=O) groups excluding carboxylic acids is 2. The average Bonchev–Trinajstić information content (AvgIpc) is 2.67. The molecule has 5 heteroatoms. The van der Waals surface area contributed by atoms with Gasteiger partial charge in [0.25, 0.3) is 0 Å². The molecule has 1 aliphatic heterocycles. The third kappa shape index (κ3) is 4.71. The molecule has 1 aromatic carbocycles. The number of carbonyl (C=O) groups is 2. The zero-order valence-electron chi connectivity index (χ0n) is 16.3. The van der Waals surface area contributed by atoms with E-state index in [0.717, 1.165) is 18.4 Å². The van der Waals surface area contributed by atoms with E-state index in [1.807, 2.05) is 31.2 Å². The summed E-state index contributed by atoms with van der Waals surface area (Å²) in [5, 5.41) is 2.80. The van der Waals surface area contributed by atoms with Crippen LogP contribution >= 0.6 is 0 Å². The van der Waals surface area contributed by atoms with Crippen molar-refractivity contribution >= 4 is 11.9 Å². The standard InChI is InChI=1S/C22H29NO4/c1-3-26-19-12-8-7-11-17(19)18-13-20(24)23-15(2)21(18)22(25)27-14-16-9-5-4-6-10-16/h7-8,11-12,16,18H,3-6,9-10,13-14H2,1-2H3,(H,23,24)/t18-/m0/s1. The van der Waals surface area contributed by atoms with E-state index in [2.05, 4.69) is 5.32 Å². The third-order valence-corrected chi connectivity index (χ3v) is 5.46. The minimum Gasteiger partial charge on any atom is -0.494 e. The van der Waals surface area contributed by atoms with Crippen LogP contribution in [0.5, 0.6) is 5.75 Å². The molecule has 1 heterocycles. The fourth-order valence-electron chi connectivity index (χ4n) is 4.12. The second-order valence-corrected chi connectivity index (χ2v) is 7.42. The first-order chi connectivity index (χ1) is 13.1. The number of benzene rings is 1. The van der Waals surface area contributed by atoms with E-state index in [4.69, 9.17) is 9.47 Å². The summed E-state index contributed by atoms with van der Waals surface area (Å²) in [6.45, 7) is 4.68. The Hall–Kier alpha value is -2.30. The number of nitrogens with one attached hydrogen (secondary N) is 1. The molecule has 1 saturated carbocycles. The van der Waals surface area contributed by atoms with Crippen molar-refractivity contribution in [2.24, 2.45) is 5.92 Å². The van der Waals surface area contributed by atoms with E-state index in [1.165, 1.54) is 19.3 Å². The number of para-hydroxylation sites is 1. The van der Waals surface area contributed by atoms with Crippen LogP contribution in [0.4, 0.5) is 0 Å². The largest absolute Gasteiger partial charge is 0.494 e. The van der Waals surface area contributed by atoms with Crippen LogP contribution < -0.4 is 10.1 Å². The molecule has 0 spiro atoms. The van der Waals surface area contributed by atoms with Gasteiger partial charge in [0.1, 0.15) is 5.75 Å². The van der Waals surface area contributed by atoms with Crippen LogP contribution in [-0.4, -0.2) is 25.1 Å². The lowest BCUT2D eigenvalue weighted by Crippen LogP contribution is -2.34. The molecule has 0 aromatic heterocycles. The van der Waals surface area contributed by atoms with E-state index in [1.54, 1.807) is 6.92 Å². The van der Waals surface area contributed by atoms with E-state index in [-0.39, 0.29) is 24.2 Å². The predicted octanol–water partition coefficient (Wildman–Crippen LogP) is 4.09. The third-order valence-electron chi connectivity index (χ3n) is 5.46. The van der Waals surface area contributed by atoms with Gasteiger partial charge in [-0.05, 0) is 38.7 Å². The molecule has 1 aliphatic carbocycles. The second-order valence-electron chi connectivity index (χ2n) is 7.42. The van der Waals surface area contributed by atoms with Crippen LogP contribution in [0.15, 0.2) is 35.5 Å². The summed E-state index contributed by atoms with van der Waals surface area (Å²) in [4.78, 5) is 25.1. The lowest BCUT2D eigenvalue weighted by molar-refractivity contribution is -0.141. The first-order valence-electron chi connectivity index (χ1n) is 9.99. The highest BCUT2D eigenvalue weighted by atomic mass is 16.5. The molecule has 0 radical (unpaired) electrons. The molecule has 1 aromatic rings. The SMILES string of the molecule is CCOc1ccccc1[C@@H]1CC(=O)NC(C)=C1C(=O)OCC1CCCCC1. The van der Waals surface area contributed by atoms with Crippen molar-refractivity contribution in [2.75, 3.05) is 13.2 Å². The summed E-state index contributed by atoms with van der Waals surface area (Å²) in [6, 6.07) is 7.61. The Balaban J connectivity index is 1.82. The number of allylic oxidation sites excluding steroid dienone is 1. The Labute approximate surface area is 161 Å². The highest BCUT2D eigenvalue weighted by Crippen LogP contribution is 2.38. The quantitative estimate of drug-likeness (QED) is 0.765. The maximum Gasteiger partial charge on any atom is 0.336 e. The molecule has 1 fully saturated rings. The summed E-state index contributed by atoms with van der Waals surface area (Å²) < 4.78 is 11.4. The Morgan fingerprint density at radius 2 is 1.93 bits per heavy atom. The molecule has 1 amide bonds. The number of esters is 1. The van der Waals surface area contributed by atoms with E-state index < -0.39 is 0 Å².